The summed E-state index contributed by atoms with van der Waals surface area (Å²) in [6, 6.07) is 14.8. The predicted octanol–water partition coefficient (Wildman–Crippen LogP) is 2.81. The van der Waals surface area contributed by atoms with Crippen LogP contribution in [0.3, 0.4) is 0 Å². The quantitative estimate of drug-likeness (QED) is 0.808. The summed E-state index contributed by atoms with van der Waals surface area (Å²) >= 11 is 6.06. The number of ether oxygens (including phenoxy) is 1. The third-order valence-corrected chi connectivity index (χ3v) is 4.92. The molecule has 1 saturated heterocycles. The minimum atomic E-state index is -0.115. The van der Waals surface area contributed by atoms with Gasteiger partial charge in [-0.15, -0.1) is 0 Å². The van der Waals surface area contributed by atoms with Gasteiger partial charge in [-0.25, -0.2) is 0 Å². The molecule has 0 saturated carbocycles. The fraction of sp³-hybridized carbons (Fsp3) is 0.333. The molecule has 1 aliphatic rings. The second kappa shape index (κ2) is 9.57. The number of nitrogens with one attached hydrogen (secondary N) is 1. The molecule has 1 aliphatic heterocycles. The molecule has 2 aromatic rings. The van der Waals surface area contributed by atoms with Crippen LogP contribution in [0.25, 0.3) is 0 Å². The molecule has 0 bridgehead atoms. The van der Waals surface area contributed by atoms with E-state index in [2.05, 4.69) is 5.32 Å². The number of piperazine rings is 1. The topological polar surface area (TPSA) is 61.9 Å². The molecule has 0 aromatic heterocycles. The molecule has 2 amide bonds. The zero-order valence-corrected chi connectivity index (χ0v) is 16.6. The number of nitrogens with zero attached hydrogens (tertiary/aromatic N) is 2. The van der Waals surface area contributed by atoms with E-state index in [0.717, 1.165) is 5.56 Å². The van der Waals surface area contributed by atoms with E-state index in [4.69, 9.17) is 16.3 Å². The summed E-state index contributed by atoms with van der Waals surface area (Å²) in [5.41, 5.74) is 1.70. The summed E-state index contributed by atoms with van der Waals surface area (Å²) in [6.45, 7) is 4.72. The standard InChI is InChI=1S/C21H24ClN3O3/c1-16-5-4-6-17(13-16)28-15-21(27)25-11-9-24(10-12-25)14-20(26)23-19-8-3-2-7-18(19)22/h2-8,13H,9-12,14-15H2,1H3,(H,23,26). The van der Waals surface area contributed by atoms with Gasteiger partial charge in [0.25, 0.3) is 5.91 Å². The lowest BCUT2D eigenvalue weighted by Gasteiger charge is -2.34. The van der Waals surface area contributed by atoms with Gasteiger partial charge >= 0.3 is 0 Å². The molecule has 2 aromatic carbocycles. The molecule has 0 spiro atoms. The van der Waals surface area contributed by atoms with Crippen LogP contribution in [0.5, 0.6) is 5.75 Å². The molecular formula is C21H24ClN3O3. The molecule has 0 atom stereocenters. The summed E-state index contributed by atoms with van der Waals surface area (Å²) in [5.74, 6) is 0.542. The van der Waals surface area contributed by atoms with E-state index in [1.54, 1.807) is 17.0 Å². The van der Waals surface area contributed by atoms with Gasteiger partial charge < -0.3 is 15.0 Å². The molecule has 1 fully saturated rings. The Kier molecular flexibility index (Phi) is 6.90. The molecule has 0 aliphatic carbocycles. The Hall–Kier alpha value is -2.57. The first-order chi connectivity index (χ1) is 13.5. The number of carbonyl (C=O) groups is 2. The zero-order chi connectivity index (χ0) is 19.9. The van der Waals surface area contributed by atoms with Gasteiger partial charge in [0.1, 0.15) is 5.75 Å². The Morgan fingerprint density at radius 2 is 1.82 bits per heavy atom. The number of para-hydroxylation sites is 1. The monoisotopic (exact) mass is 401 g/mol. The lowest BCUT2D eigenvalue weighted by atomic mass is 10.2. The van der Waals surface area contributed by atoms with E-state index in [-0.39, 0.29) is 25.0 Å². The van der Waals surface area contributed by atoms with Crippen LogP contribution in [0.4, 0.5) is 5.69 Å². The first-order valence-electron chi connectivity index (χ1n) is 9.25. The van der Waals surface area contributed by atoms with Crippen LogP contribution in [0.2, 0.25) is 5.02 Å². The third kappa shape index (κ3) is 5.71. The molecule has 7 heteroatoms. The van der Waals surface area contributed by atoms with Crippen molar-refractivity contribution in [2.24, 2.45) is 0 Å². The fourth-order valence-corrected chi connectivity index (χ4v) is 3.24. The maximum absolute atomic E-state index is 12.4. The molecule has 148 valence electrons. The van der Waals surface area contributed by atoms with E-state index < -0.39 is 0 Å². The second-order valence-corrected chi connectivity index (χ2v) is 7.20. The average molecular weight is 402 g/mol. The van der Waals surface area contributed by atoms with Crippen LogP contribution < -0.4 is 10.1 Å². The van der Waals surface area contributed by atoms with Gasteiger partial charge in [0.05, 0.1) is 17.3 Å². The SMILES string of the molecule is Cc1cccc(OCC(=O)N2CCN(CC(=O)Nc3ccccc3Cl)CC2)c1. The number of hydrogen-bond donors (Lipinski definition) is 1. The summed E-state index contributed by atoms with van der Waals surface area (Å²) in [5, 5.41) is 3.34. The molecular weight excluding hydrogens is 378 g/mol. The number of aryl methyl sites for hydroxylation is 1. The minimum absolute atomic E-state index is 0.0243. The van der Waals surface area contributed by atoms with Gasteiger partial charge in [0.2, 0.25) is 5.91 Å². The van der Waals surface area contributed by atoms with Crippen molar-refractivity contribution >= 4 is 29.1 Å². The van der Waals surface area contributed by atoms with Crippen molar-refractivity contribution in [3.05, 3.63) is 59.1 Å². The largest absolute Gasteiger partial charge is 0.484 e. The second-order valence-electron chi connectivity index (χ2n) is 6.79. The minimum Gasteiger partial charge on any atom is -0.484 e. The number of rotatable bonds is 6. The summed E-state index contributed by atoms with van der Waals surface area (Å²) < 4.78 is 5.59. The van der Waals surface area contributed by atoms with Gasteiger partial charge in [-0.2, -0.15) is 0 Å². The van der Waals surface area contributed by atoms with Crippen molar-refractivity contribution < 1.29 is 14.3 Å². The van der Waals surface area contributed by atoms with E-state index >= 15 is 0 Å². The highest BCUT2D eigenvalue weighted by molar-refractivity contribution is 6.33. The highest BCUT2D eigenvalue weighted by Crippen LogP contribution is 2.20. The smallest absolute Gasteiger partial charge is 0.260 e. The van der Waals surface area contributed by atoms with Crippen molar-refractivity contribution in [3.63, 3.8) is 0 Å². The van der Waals surface area contributed by atoms with Crippen molar-refractivity contribution in [3.8, 4) is 5.75 Å². The zero-order valence-electron chi connectivity index (χ0n) is 15.9. The Labute approximate surface area is 170 Å². The molecule has 1 heterocycles. The molecule has 0 radical (unpaired) electrons. The number of halogens is 1. The van der Waals surface area contributed by atoms with Gasteiger partial charge in [0, 0.05) is 26.2 Å². The Bertz CT molecular complexity index is 835. The van der Waals surface area contributed by atoms with Crippen LogP contribution in [0.15, 0.2) is 48.5 Å². The molecule has 6 nitrogen and oxygen atoms in total. The summed E-state index contributed by atoms with van der Waals surface area (Å²) in [7, 11) is 0. The first-order valence-corrected chi connectivity index (χ1v) is 9.63. The van der Waals surface area contributed by atoms with Crippen molar-refractivity contribution in [1.82, 2.24) is 9.80 Å². The average Bonchev–Trinajstić information content (AvgIpc) is 2.68. The van der Waals surface area contributed by atoms with Crippen molar-refractivity contribution in [2.45, 2.75) is 6.92 Å². The third-order valence-electron chi connectivity index (χ3n) is 4.59. The normalized spacial score (nSPS) is 14.6. The lowest BCUT2D eigenvalue weighted by Crippen LogP contribution is -2.51. The van der Waals surface area contributed by atoms with Gasteiger partial charge in [-0.3, -0.25) is 14.5 Å². The maximum atomic E-state index is 12.4. The summed E-state index contributed by atoms with van der Waals surface area (Å²) in [6.07, 6.45) is 0. The van der Waals surface area contributed by atoms with Crippen LogP contribution >= 0.6 is 11.6 Å². The highest BCUT2D eigenvalue weighted by atomic mass is 35.5. The van der Waals surface area contributed by atoms with E-state index in [1.165, 1.54) is 0 Å². The molecule has 1 N–H and O–H groups in total. The van der Waals surface area contributed by atoms with Crippen LogP contribution in [-0.4, -0.2) is 60.9 Å². The van der Waals surface area contributed by atoms with Crippen molar-refractivity contribution in [1.29, 1.82) is 0 Å². The van der Waals surface area contributed by atoms with E-state index in [9.17, 15) is 9.59 Å². The van der Waals surface area contributed by atoms with E-state index in [1.807, 2.05) is 48.2 Å². The van der Waals surface area contributed by atoms with Gasteiger partial charge in [-0.1, -0.05) is 35.9 Å². The van der Waals surface area contributed by atoms with E-state index in [0.29, 0.717) is 42.6 Å². The Morgan fingerprint density at radius 1 is 1.07 bits per heavy atom. The maximum Gasteiger partial charge on any atom is 0.260 e. The van der Waals surface area contributed by atoms with Crippen LogP contribution in [0.1, 0.15) is 5.56 Å². The van der Waals surface area contributed by atoms with Gasteiger partial charge in [-0.05, 0) is 36.8 Å². The summed E-state index contributed by atoms with van der Waals surface area (Å²) in [4.78, 5) is 28.4. The fourth-order valence-electron chi connectivity index (χ4n) is 3.05. The predicted molar refractivity (Wildman–Crippen MR) is 110 cm³/mol. The molecule has 3 rings (SSSR count). The molecule has 0 unspecified atom stereocenters. The van der Waals surface area contributed by atoms with Gasteiger partial charge in [0.15, 0.2) is 6.61 Å². The van der Waals surface area contributed by atoms with Crippen LogP contribution in [0, 0.1) is 6.92 Å². The molecule has 28 heavy (non-hydrogen) atoms. The van der Waals surface area contributed by atoms with Crippen LogP contribution in [-0.2, 0) is 9.59 Å². The number of amides is 2. The Morgan fingerprint density at radius 3 is 2.54 bits per heavy atom. The number of benzene rings is 2. The first kappa shape index (κ1) is 20.2. The van der Waals surface area contributed by atoms with Crippen molar-refractivity contribution in [2.75, 3.05) is 44.6 Å². The lowest BCUT2D eigenvalue weighted by molar-refractivity contribution is -0.135. The Balaban J connectivity index is 1.40. The highest BCUT2D eigenvalue weighted by Gasteiger charge is 2.22. The number of carbonyl (C=O) groups excluding carboxylic acids is 2. The number of hydrogen-bond acceptors (Lipinski definition) is 4. The number of anilines is 1.